The summed E-state index contributed by atoms with van der Waals surface area (Å²) in [5, 5.41) is 5.32. The Morgan fingerprint density at radius 2 is 1.95 bits per heavy atom. The minimum Gasteiger partial charge on any atom is -0.350 e. The summed E-state index contributed by atoms with van der Waals surface area (Å²) in [4.78, 5) is 11.6. The molecule has 1 amide bonds. The summed E-state index contributed by atoms with van der Waals surface area (Å²) in [6, 6.07) is 2.14. The van der Waals surface area contributed by atoms with Crippen molar-refractivity contribution in [3.63, 3.8) is 0 Å². The van der Waals surface area contributed by atoms with E-state index in [2.05, 4.69) is 10.6 Å². The van der Waals surface area contributed by atoms with Crippen molar-refractivity contribution in [2.45, 2.75) is 19.1 Å². The molecule has 1 rings (SSSR count). The Balaban J connectivity index is 0.00000361. The van der Waals surface area contributed by atoms with Gasteiger partial charge in [0.15, 0.2) is 0 Å². The van der Waals surface area contributed by atoms with E-state index in [1.165, 1.54) is 0 Å². The maximum absolute atomic E-state index is 13.0. The number of carbonyl (C=O) groups excluding carboxylic acids is 1. The molecule has 1 aromatic rings. The van der Waals surface area contributed by atoms with Gasteiger partial charge in [0.05, 0.1) is 5.56 Å². The molecule has 2 N–H and O–H groups in total. The van der Waals surface area contributed by atoms with Crippen LogP contribution in [0.25, 0.3) is 0 Å². The number of amides is 1. The fourth-order valence-corrected chi connectivity index (χ4v) is 1.33. The average molecular weight is 315 g/mol. The van der Waals surface area contributed by atoms with Gasteiger partial charge in [-0.1, -0.05) is 0 Å². The van der Waals surface area contributed by atoms with Gasteiger partial charge in [-0.25, -0.2) is 4.39 Å². The molecule has 3 nitrogen and oxygen atoms in total. The first-order chi connectivity index (χ1) is 8.75. The van der Waals surface area contributed by atoms with Crippen LogP contribution < -0.4 is 10.6 Å². The maximum Gasteiger partial charge on any atom is 0.419 e. The van der Waals surface area contributed by atoms with Gasteiger partial charge in [0.25, 0.3) is 5.91 Å². The third-order valence-electron chi connectivity index (χ3n) is 2.60. The first-order valence-corrected chi connectivity index (χ1v) is 5.58. The highest BCUT2D eigenvalue weighted by atomic mass is 35.5. The van der Waals surface area contributed by atoms with Crippen LogP contribution in [0.2, 0.25) is 0 Å². The van der Waals surface area contributed by atoms with Crippen LogP contribution >= 0.6 is 12.4 Å². The molecule has 8 heteroatoms. The van der Waals surface area contributed by atoms with E-state index in [1.807, 2.05) is 0 Å². The van der Waals surface area contributed by atoms with Gasteiger partial charge in [0.1, 0.15) is 5.82 Å². The number of benzene rings is 1. The molecule has 1 aromatic carbocycles. The molecule has 0 spiro atoms. The van der Waals surface area contributed by atoms with E-state index in [0.29, 0.717) is 12.1 Å². The van der Waals surface area contributed by atoms with Crippen molar-refractivity contribution in [3.8, 4) is 0 Å². The van der Waals surface area contributed by atoms with Crippen LogP contribution in [-0.4, -0.2) is 25.5 Å². The minimum absolute atomic E-state index is 0. The van der Waals surface area contributed by atoms with Crippen molar-refractivity contribution in [2.75, 3.05) is 13.6 Å². The summed E-state index contributed by atoms with van der Waals surface area (Å²) in [7, 11) is 1.69. The molecule has 0 heterocycles. The predicted octanol–water partition coefficient (Wildman–Crippen LogP) is 2.60. The molecule has 1 atom stereocenters. The van der Waals surface area contributed by atoms with Gasteiger partial charge in [-0.05, 0) is 32.2 Å². The fourth-order valence-electron chi connectivity index (χ4n) is 1.33. The Labute approximate surface area is 120 Å². The van der Waals surface area contributed by atoms with Crippen LogP contribution in [0.1, 0.15) is 22.8 Å². The van der Waals surface area contributed by atoms with Crippen LogP contribution in [0, 0.1) is 5.82 Å². The molecule has 114 valence electrons. The number of carbonyl (C=O) groups is 1. The van der Waals surface area contributed by atoms with E-state index in [-0.39, 0.29) is 30.6 Å². The highest BCUT2D eigenvalue weighted by Crippen LogP contribution is 2.31. The lowest BCUT2D eigenvalue weighted by Crippen LogP contribution is -2.37. The molecule has 20 heavy (non-hydrogen) atoms. The SMILES string of the molecule is CNC(C)CNC(=O)c1ccc(F)c(C(F)(F)F)c1.Cl. The molecule has 0 aliphatic heterocycles. The Bertz CT molecular complexity index is 465. The zero-order valence-corrected chi connectivity index (χ0v) is 11.7. The molecule has 0 aliphatic rings. The van der Waals surface area contributed by atoms with E-state index in [0.717, 1.165) is 6.07 Å². The first-order valence-electron chi connectivity index (χ1n) is 5.58. The number of likely N-dealkylation sites (N-methyl/N-ethyl adjacent to an activating group) is 1. The molecular formula is C12H15ClF4N2O. The topological polar surface area (TPSA) is 41.1 Å². The lowest BCUT2D eigenvalue weighted by molar-refractivity contribution is -0.140. The second-order valence-electron chi connectivity index (χ2n) is 4.09. The third kappa shape index (κ3) is 4.97. The van der Waals surface area contributed by atoms with Crippen LogP contribution in [0.15, 0.2) is 18.2 Å². The van der Waals surface area contributed by atoms with Crippen molar-refractivity contribution >= 4 is 18.3 Å². The van der Waals surface area contributed by atoms with Crippen LogP contribution in [0.5, 0.6) is 0 Å². The monoisotopic (exact) mass is 314 g/mol. The van der Waals surface area contributed by atoms with E-state index >= 15 is 0 Å². The molecule has 0 aliphatic carbocycles. The van der Waals surface area contributed by atoms with Crippen molar-refractivity contribution < 1.29 is 22.4 Å². The molecule has 0 bridgehead atoms. The molecule has 0 saturated heterocycles. The van der Waals surface area contributed by atoms with Crippen molar-refractivity contribution in [3.05, 3.63) is 35.1 Å². The van der Waals surface area contributed by atoms with Gasteiger partial charge in [0.2, 0.25) is 0 Å². The summed E-state index contributed by atoms with van der Waals surface area (Å²) in [5.74, 6) is -2.07. The lowest BCUT2D eigenvalue weighted by Gasteiger charge is -2.13. The standard InChI is InChI=1S/C12H14F4N2O.ClH/c1-7(17-2)6-18-11(19)8-3-4-10(13)9(5-8)12(14,15)16;/h3-5,7,17H,6H2,1-2H3,(H,18,19);1H. The Morgan fingerprint density at radius 3 is 2.45 bits per heavy atom. The Hall–Kier alpha value is -1.34. The fraction of sp³-hybridized carbons (Fsp3) is 0.417. The van der Waals surface area contributed by atoms with E-state index in [1.54, 1.807) is 14.0 Å². The van der Waals surface area contributed by atoms with Gasteiger partial charge in [0, 0.05) is 18.2 Å². The Kier molecular flexibility index (Phi) is 6.95. The summed E-state index contributed by atoms with van der Waals surface area (Å²) < 4.78 is 50.5. The summed E-state index contributed by atoms with van der Waals surface area (Å²) in [5.41, 5.74) is -1.67. The largest absolute Gasteiger partial charge is 0.419 e. The number of nitrogens with one attached hydrogen (secondary N) is 2. The highest BCUT2D eigenvalue weighted by molar-refractivity contribution is 5.94. The van der Waals surface area contributed by atoms with E-state index < -0.39 is 23.5 Å². The van der Waals surface area contributed by atoms with Gasteiger partial charge in [-0.15, -0.1) is 12.4 Å². The normalized spacial score (nSPS) is 12.5. The second kappa shape index (κ2) is 7.44. The molecule has 1 unspecified atom stereocenters. The molecule has 0 fully saturated rings. The highest BCUT2D eigenvalue weighted by Gasteiger charge is 2.34. The molecular weight excluding hydrogens is 300 g/mol. The minimum atomic E-state index is -4.82. The predicted molar refractivity (Wildman–Crippen MR) is 69.5 cm³/mol. The molecule has 0 saturated carbocycles. The summed E-state index contributed by atoms with van der Waals surface area (Å²) in [6.07, 6.45) is -4.82. The van der Waals surface area contributed by atoms with Crippen molar-refractivity contribution in [2.24, 2.45) is 0 Å². The van der Waals surface area contributed by atoms with Gasteiger partial charge < -0.3 is 10.6 Å². The summed E-state index contributed by atoms with van der Waals surface area (Å²) >= 11 is 0. The number of halogens is 5. The zero-order chi connectivity index (χ0) is 14.6. The van der Waals surface area contributed by atoms with Gasteiger partial charge in [-0.3, -0.25) is 4.79 Å². The van der Waals surface area contributed by atoms with Crippen LogP contribution in [0.3, 0.4) is 0 Å². The van der Waals surface area contributed by atoms with Crippen molar-refractivity contribution in [1.29, 1.82) is 0 Å². The second-order valence-corrected chi connectivity index (χ2v) is 4.09. The molecule has 0 radical (unpaired) electrons. The first kappa shape index (κ1) is 18.7. The van der Waals surface area contributed by atoms with Crippen LogP contribution in [-0.2, 0) is 6.18 Å². The van der Waals surface area contributed by atoms with Crippen LogP contribution in [0.4, 0.5) is 17.6 Å². The summed E-state index contributed by atoms with van der Waals surface area (Å²) in [6.45, 7) is 2.06. The third-order valence-corrected chi connectivity index (χ3v) is 2.60. The number of rotatable bonds is 4. The zero-order valence-electron chi connectivity index (χ0n) is 10.8. The number of hydrogen-bond acceptors (Lipinski definition) is 2. The van der Waals surface area contributed by atoms with Gasteiger partial charge in [-0.2, -0.15) is 13.2 Å². The Morgan fingerprint density at radius 1 is 1.35 bits per heavy atom. The van der Waals surface area contributed by atoms with E-state index in [4.69, 9.17) is 0 Å². The van der Waals surface area contributed by atoms with Gasteiger partial charge >= 0.3 is 6.18 Å². The van der Waals surface area contributed by atoms with E-state index in [9.17, 15) is 22.4 Å². The number of alkyl halides is 3. The average Bonchev–Trinajstić information content (AvgIpc) is 2.34. The maximum atomic E-state index is 13.0. The lowest BCUT2D eigenvalue weighted by atomic mass is 10.1. The quantitative estimate of drug-likeness (QED) is 0.839. The number of hydrogen-bond donors (Lipinski definition) is 2. The van der Waals surface area contributed by atoms with Crippen molar-refractivity contribution in [1.82, 2.24) is 10.6 Å². The smallest absolute Gasteiger partial charge is 0.350 e. The molecule has 0 aromatic heterocycles.